The molecular weight excluding hydrogens is 438 g/mol. The summed E-state index contributed by atoms with van der Waals surface area (Å²) < 4.78 is 5.58. The Balaban J connectivity index is 1.29. The molecule has 0 radical (unpaired) electrons. The molecule has 5 rings (SSSR count). The highest BCUT2D eigenvalue weighted by Crippen LogP contribution is 2.53. The van der Waals surface area contributed by atoms with Crippen LogP contribution in [0.2, 0.25) is 0 Å². The number of carbonyl (C=O) groups excluding carboxylic acids is 2. The van der Waals surface area contributed by atoms with Gasteiger partial charge in [0.15, 0.2) is 0 Å². The lowest BCUT2D eigenvalue weighted by Crippen LogP contribution is -2.62. The first-order valence-corrected chi connectivity index (χ1v) is 13.7. The Kier molecular flexibility index (Phi) is 6.40. The van der Waals surface area contributed by atoms with Crippen molar-refractivity contribution in [1.29, 1.82) is 0 Å². The molecule has 2 saturated heterocycles. The second-order valence-electron chi connectivity index (χ2n) is 12.8. The van der Waals surface area contributed by atoms with Crippen molar-refractivity contribution in [2.45, 2.75) is 103 Å². The van der Waals surface area contributed by atoms with Crippen LogP contribution in [0.25, 0.3) is 0 Å². The van der Waals surface area contributed by atoms with E-state index in [1.165, 1.54) is 24.0 Å². The maximum absolute atomic E-state index is 13.6. The average Bonchev–Trinajstić information content (AvgIpc) is 3.61. The van der Waals surface area contributed by atoms with Gasteiger partial charge >= 0.3 is 6.09 Å². The Bertz CT molecular complexity index is 948. The summed E-state index contributed by atoms with van der Waals surface area (Å²) in [4.78, 5) is 32.7. The zero-order valence-electron chi connectivity index (χ0n) is 22.3. The lowest BCUT2D eigenvalue weighted by molar-refractivity contribution is -0.153. The lowest BCUT2D eigenvalue weighted by atomic mass is 9.59. The maximum Gasteiger partial charge on any atom is 0.410 e. The Labute approximate surface area is 211 Å². The second-order valence-corrected chi connectivity index (χ2v) is 12.8. The molecule has 1 aromatic carbocycles. The predicted molar refractivity (Wildman–Crippen MR) is 137 cm³/mol. The van der Waals surface area contributed by atoms with E-state index < -0.39 is 5.60 Å². The number of likely N-dealkylation sites (tertiary alicyclic amines) is 1. The monoisotopic (exact) mass is 481 g/mol. The quantitative estimate of drug-likeness (QED) is 0.583. The van der Waals surface area contributed by atoms with E-state index in [9.17, 15) is 9.59 Å². The summed E-state index contributed by atoms with van der Waals surface area (Å²) in [6, 6.07) is 9.80. The molecule has 1 spiro atoms. The summed E-state index contributed by atoms with van der Waals surface area (Å²) in [6.07, 6.45) is 6.40. The van der Waals surface area contributed by atoms with Gasteiger partial charge in [-0.05, 0) is 81.8 Å². The van der Waals surface area contributed by atoms with E-state index in [1.807, 2.05) is 25.7 Å². The fraction of sp³-hybridized carbons (Fsp3) is 0.724. The lowest BCUT2D eigenvalue weighted by Gasteiger charge is -2.58. The number of piperidine rings is 1. The standard InChI is InChI=1S/C29H43N3O3/c1-20(2)23-8-6-7-9-24(23)25-18-31(21-10-11-21)19-26(33)32(25)22-16-29(17-22)12-14-30(15-13-29)27(34)35-28(3,4)5/h6-9,20-22,25H,10-19H2,1-5H3. The summed E-state index contributed by atoms with van der Waals surface area (Å²) in [5.41, 5.74) is 2.51. The molecule has 2 aliphatic heterocycles. The molecule has 192 valence electrons. The predicted octanol–water partition coefficient (Wildman–Crippen LogP) is 5.34. The summed E-state index contributed by atoms with van der Waals surface area (Å²) in [6.45, 7) is 13.3. The molecule has 6 heteroatoms. The van der Waals surface area contributed by atoms with Gasteiger partial charge in [-0.25, -0.2) is 4.79 Å². The molecule has 1 atom stereocenters. The number of rotatable bonds is 4. The van der Waals surface area contributed by atoms with Crippen LogP contribution in [0.4, 0.5) is 4.79 Å². The van der Waals surface area contributed by atoms with Crippen LogP contribution < -0.4 is 0 Å². The van der Waals surface area contributed by atoms with Crippen molar-refractivity contribution in [2.75, 3.05) is 26.2 Å². The highest BCUT2D eigenvalue weighted by molar-refractivity contribution is 5.80. The summed E-state index contributed by atoms with van der Waals surface area (Å²) >= 11 is 0. The second kappa shape index (κ2) is 9.10. The van der Waals surface area contributed by atoms with Crippen molar-refractivity contribution < 1.29 is 14.3 Å². The SMILES string of the molecule is CC(C)c1ccccc1C1CN(C2CC2)CC(=O)N1C1CC2(CCN(C(=O)OC(C)(C)C)CC2)C1. The van der Waals surface area contributed by atoms with E-state index in [4.69, 9.17) is 4.74 Å². The van der Waals surface area contributed by atoms with Gasteiger partial charge in [-0.1, -0.05) is 38.1 Å². The minimum absolute atomic E-state index is 0.139. The van der Waals surface area contributed by atoms with Crippen molar-refractivity contribution >= 4 is 12.0 Å². The molecule has 2 aliphatic carbocycles. The molecule has 0 N–H and O–H groups in total. The molecule has 2 saturated carbocycles. The maximum atomic E-state index is 13.6. The molecule has 1 unspecified atom stereocenters. The third-order valence-electron chi connectivity index (χ3n) is 8.62. The molecular formula is C29H43N3O3. The van der Waals surface area contributed by atoms with Crippen LogP contribution in [0.15, 0.2) is 24.3 Å². The van der Waals surface area contributed by atoms with Gasteiger partial charge in [-0.15, -0.1) is 0 Å². The number of benzene rings is 1. The normalized spacial score (nSPS) is 25.8. The zero-order valence-corrected chi connectivity index (χ0v) is 22.3. The van der Waals surface area contributed by atoms with Crippen LogP contribution in [0.1, 0.15) is 96.2 Å². The van der Waals surface area contributed by atoms with Gasteiger partial charge in [0, 0.05) is 31.7 Å². The third-order valence-corrected chi connectivity index (χ3v) is 8.62. The Morgan fingerprint density at radius 1 is 1.06 bits per heavy atom. The minimum atomic E-state index is -0.460. The number of carbonyl (C=O) groups is 2. The van der Waals surface area contributed by atoms with Gasteiger partial charge in [0.1, 0.15) is 5.60 Å². The summed E-state index contributed by atoms with van der Waals surface area (Å²) in [5.74, 6) is 0.738. The van der Waals surface area contributed by atoms with Crippen LogP contribution in [-0.2, 0) is 9.53 Å². The van der Waals surface area contributed by atoms with E-state index >= 15 is 0 Å². The number of hydrogen-bond donors (Lipinski definition) is 0. The van der Waals surface area contributed by atoms with E-state index in [-0.39, 0.29) is 17.6 Å². The van der Waals surface area contributed by atoms with Crippen molar-refractivity contribution in [1.82, 2.24) is 14.7 Å². The van der Waals surface area contributed by atoms with Crippen LogP contribution in [0.3, 0.4) is 0 Å². The fourth-order valence-corrected chi connectivity index (χ4v) is 6.60. The smallest absolute Gasteiger partial charge is 0.410 e. The van der Waals surface area contributed by atoms with Gasteiger partial charge in [0.25, 0.3) is 0 Å². The van der Waals surface area contributed by atoms with Gasteiger partial charge in [-0.2, -0.15) is 0 Å². The van der Waals surface area contributed by atoms with Crippen LogP contribution in [0.5, 0.6) is 0 Å². The number of hydrogen-bond acceptors (Lipinski definition) is 4. The molecule has 1 aromatic rings. The molecule has 2 amide bonds. The van der Waals surface area contributed by atoms with Gasteiger partial charge in [0.2, 0.25) is 5.91 Å². The minimum Gasteiger partial charge on any atom is -0.444 e. The van der Waals surface area contributed by atoms with E-state index in [2.05, 4.69) is 47.9 Å². The number of amides is 2. The topological polar surface area (TPSA) is 53.1 Å². The van der Waals surface area contributed by atoms with E-state index in [1.54, 1.807) is 0 Å². The van der Waals surface area contributed by atoms with E-state index in [0.29, 0.717) is 30.5 Å². The Hall–Kier alpha value is -2.08. The first kappa shape index (κ1) is 24.6. The van der Waals surface area contributed by atoms with Crippen molar-refractivity contribution in [3.8, 4) is 0 Å². The Morgan fingerprint density at radius 3 is 2.31 bits per heavy atom. The average molecular weight is 482 g/mol. The van der Waals surface area contributed by atoms with Gasteiger partial charge < -0.3 is 14.5 Å². The van der Waals surface area contributed by atoms with Crippen molar-refractivity contribution in [2.24, 2.45) is 5.41 Å². The largest absolute Gasteiger partial charge is 0.444 e. The van der Waals surface area contributed by atoms with Gasteiger partial charge in [0.05, 0.1) is 12.6 Å². The number of ether oxygens (including phenoxy) is 1. The molecule has 4 fully saturated rings. The van der Waals surface area contributed by atoms with Gasteiger partial charge in [-0.3, -0.25) is 9.69 Å². The number of piperazine rings is 1. The Morgan fingerprint density at radius 2 is 1.71 bits per heavy atom. The van der Waals surface area contributed by atoms with Crippen LogP contribution in [-0.4, -0.2) is 70.6 Å². The van der Waals surface area contributed by atoms with E-state index in [0.717, 1.165) is 45.3 Å². The summed E-state index contributed by atoms with van der Waals surface area (Å²) in [7, 11) is 0. The fourth-order valence-electron chi connectivity index (χ4n) is 6.60. The zero-order chi connectivity index (χ0) is 25.0. The molecule has 2 heterocycles. The third kappa shape index (κ3) is 5.09. The van der Waals surface area contributed by atoms with Crippen molar-refractivity contribution in [3.05, 3.63) is 35.4 Å². The number of nitrogens with zero attached hydrogens (tertiary/aromatic N) is 3. The molecule has 6 nitrogen and oxygen atoms in total. The summed E-state index contributed by atoms with van der Waals surface area (Å²) in [5, 5.41) is 0. The molecule has 4 aliphatic rings. The first-order chi connectivity index (χ1) is 16.6. The van der Waals surface area contributed by atoms with Crippen LogP contribution >= 0.6 is 0 Å². The molecule has 0 bridgehead atoms. The first-order valence-electron chi connectivity index (χ1n) is 13.7. The van der Waals surface area contributed by atoms with Crippen molar-refractivity contribution in [3.63, 3.8) is 0 Å². The van der Waals surface area contributed by atoms with Crippen LogP contribution in [0, 0.1) is 5.41 Å². The highest BCUT2D eigenvalue weighted by Gasteiger charge is 2.53. The molecule has 35 heavy (non-hydrogen) atoms. The molecule has 0 aromatic heterocycles. The highest BCUT2D eigenvalue weighted by atomic mass is 16.6.